The van der Waals surface area contributed by atoms with Crippen LogP contribution >= 0.6 is 0 Å². The third kappa shape index (κ3) is 3.31. The Morgan fingerprint density at radius 2 is 2.15 bits per heavy atom. The molecule has 0 saturated carbocycles. The van der Waals surface area contributed by atoms with Gasteiger partial charge in [0.2, 0.25) is 10.0 Å². The van der Waals surface area contributed by atoms with Crippen LogP contribution in [0, 0.1) is 0 Å². The molecular formula is C14H21NO4S. The van der Waals surface area contributed by atoms with Gasteiger partial charge in [-0.2, -0.15) is 0 Å². The van der Waals surface area contributed by atoms with Gasteiger partial charge in [-0.25, -0.2) is 8.42 Å². The van der Waals surface area contributed by atoms with E-state index in [1.807, 2.05) is 13.0 Å². The van der Waals surface area contributed by atoms with Gasteiger partial charge in [0.25, 0.3) is 0 Å². The zero-order chi connectivity index (χ0) is 14.6. The first-order valence-corrected chi connectivity index (χ1v) is 8.52. The summed E-state index contributed by atoms with van der Waals surface area (Å²) < 4.78 is 31.5. The molecule has 1 N–H and O–H groups in total. The van der Waals surface area contributed by atoms with Crippen LogP contribution in [0.15, 0.2) is 24.3 Å². The maximum absolute atomic E-state index is 12.4. The normalized spacial score (nSPS) is 19.5. The van der Waals surface area contributed by atoms with Gasteiger partial charge < -0.3 is 9.84 Å². The molecule has 2 rings (SSSR count). The summed E-state index contributed by atoms with van der Waals surface area (Å²) in [5.41, 5.74) is 1.28. The maximum Gasteiger partial charge on any atom is 0.237 e. The molecule has 0 bridgehead atoms. The monoisotopic (exact) mass is 299 g/mol. The van der Waals surface area contributed by atoms with E-state index in [1.54, 1.807) is 18.2 Å². The molecule has 20 heavy (non-hydrogen) atoms. The number of nitrogens with zero attached hydrogens (tertiary/aromatic N) is 1. The van der Waals surface area contributed by atoms with Crippen LogP contribution in [-0.4, -0.2) is 39.0 Å². The fourth-order valence-electron chi connectivity index (χ4n) is 2.41. The maximum atomic E-state index is 12.4. The van der Waals surface area contributed by atoms with Gasteiger partial charge in [0, 0.05) is 18.7 Å². The Morgan fingerprint density at radius 1 is 1.40 bits per heavy atom. The molecular weight excluding hydrogens is 278 g/mol. The highest BCUT2D eigenvalue weighted by Gasteiger charge is 2.28. The van der Waals surface area contributed by atoms with Crippen molar-refractivity contribution in [2.24, 2.45) is 0 Å². The molecule has 0 aromatic heterocycles. The topological polar surface area (TPSA) is 66.8 Å². The minimum absolute atomic E-state index is 0.0364. The van der Waals surface area contributed by atoms with Crippen molar-refractivity contribution in [3.63, 3.8) is 0 Å². The quantitative estimate of drug-likeness (QED) is 0.840. The standard InChI is InChI=1S/C14H21NO4S/c1-2-19-10-11-20(17,18)15-9-5-8-14(16)12-6-3-4-7-13(12)15/h3-4,6-7,14,16H,2,5,8-11H2,1H3. The Bertz CT molecular complexity index is 544. The van der Waals surface area contributed by atoms with Gasteiger partial charge in [0.05, 0.1) is 24.2 Å². The van der Waals surface area contributed by atoms with Crippen LogP contribution in [0.3, 0.4) is 0 Å². The average molecular weight is 299 g/mol. The van der Waals surface area contributed by atoms with E-state index in [1.165, 1.54) is 4.31 Å². The first kappa shape index (κ1) is 15.3. The third-order valence-electron chi connectivity index (χ3n) is 3.43. The van der Waals surface area contributed by atoms with Crippen molar-refractivity contribution >= 4 is 15.7 Å². The Labute approximate surface area is 120 Å². The van der Waals surface area contributed by atoms with E-state index < -0.39 is 16.1 Å². The van der Waals surface area contributed by atoms with Crippen LogP contribution in [-0.2, 0) is 14.8 Å². The molecule has 5 nitrogen and oxygen atoms in total. The summed E-state index contributed by atoms with van der Waals surface area (Å²) in [6.07, 6.45) is 0.622. The molecule has 0 fully saturated rings. The number of anilines is 1. The number of aliphatic hydroxyl groups excluding tert-OH is 1. The van der Waals surface area contributed by atoms with Crippen molar-refractivity contribution in [1.29, 1.82) is 0 Å². The molecule has 1 aliphatic heterocycles. The number of hydrogen-bond donors (Lipinski definition) is 1. The van der Waals surface area contributed by atoms with E-state index in [9.17, 15) is 13.5 Å². The van der Waals surface area contributed by atoms with E-state index in [-0.39, 0.29) is 12.4 Å². The molecule has 0 radical (unpaired) electrons. The van der Waals surface area contributed by atoms with E-state index in [0.29, 0.717) is 37.2 Å². The second kappa shape index (κ2) is 6.56. The van der Waals surface area contributed by atoms with Gasteiger partial charge in [-0.3, -0.25) is 4.31 Å². The van der Waals surface area contributed by atoms with Crippen molar-refractivity contribution < 1.29 is 18.3 Å². The highest BCUT2D eigenvalue weighted by molar-refractivity contribution is 7.92. The molecule has 1 aliphatic rings. The van der Waals surface area contributed by atoms with Gasteiger partial charge in [-0.05, 0) is 25.8 Å². The molecule has 0 spiro atoms. The molecule has 0 aliphatic carbocycles. The van der Waals surface area contributed by atoms with Crippen molar-refractivity contribution in [1.82, 2.24) is 0 Å². The number of hydrogen-bond acceptors (Lipinski definition) is 4. The van der Waals surface area contributed by atoms with Crippen molar-refractivity contribution in [3.8, 4) is 0 Å². The number of para-hydroxylation sites is 1. The first-order valence-electron chi connectivity index (χ1n) is 6.91. The Balaban J connectivity index is 2.29. The number of sulfonamides is 1. The molecule has 112 valence electrons. The Hall–Kier alpha value is -1.11. The minimum atomic E-state index is -3.42. The van der Waals surface area contributed by atoms with E-state index in [4.69, 9.17) is 4.74 Å². The lowest BCUT2D eigenvalue weighted by molar-refractivity contribution is 0.163. The molecule has 1 atom stereocenters. The van der Waals surface area contributed by atoms with E-state index in [2.05, 4.69) is 0 Å². The predicted octanol–water partition coefficient (Wildman–Crippen LogP) is 1.69. The van der Waals surface area contributed by atoms with Crippen LogP contribution in [0.25, 0.3) is 0 Å². The fraction of sp³-hybridized carbons (Fsp3) is 0.571. The first-order chi connectivity index (χ1) is 9.56. The van der Waals surface area contributed by atoms with Gasteiger partial charge in [0.1, 0.15) is 0 Å². The molecule has 1 heterocycles. The smallest absolute Gasteiger partial charge is 0.237 e. The van der Waals surface area contributed by atoms with Crippen LogP contribution in [0.5, 0.6) is 0 Å². The second-order valence-electron chi connectivity index (χ2n) is 4.80. The lowest BCUT2D eigenvalue weighted by atomic mass is 10.1. The Morgan fingerprint density at radius 3 is 2.90 bits per heavy atom. The van der Waals surface area contributed by atoms with Crippen molar-refractivity contribution in [2.45, 2.75) is 25.9 Å². The zero-order valence-electron chi connectivity index (χ0n) is 11.7. The van der Waals surface area contributed by atoms with Crippen molar-refractivity contribution in [2.75, 3.05) is 29.8 Å². The Kier molecular flexibility index (Phi) is 5.01. The average Bonchev–Trinajstić information content (AvgIpc) is 2.59. The van der Waals surface area contributed by atoms with E-state index in [0.717, 1.165) is 0 Å². The summed E-state index contributed by atoms with van der Waals surface area (Å²) in [6.45, 7) is 2.94. The third-order valence-corrected chi connectivity index (χ3v) is 5.16. The fourth-order valence-corrected chi connectivity index (χ4v) is 3.83. The van der Waals surface area contributed by atoms with Crippen LogP contribution in [0.1, 0.15) is 31.4 Å². The summed E-state index contributed by atoms with van der Waals surface area (Å²) in [5.74, 6) is -0.0364. The van der Waals surface area contributed by atoms with Crippen LogP contribution < -0.4 is 4.31 Å². The SMILES string of the molecule is CCOCCS(=O)(=O)N1CCCC(O)c2ccccc21. The predicted molar refractivity (Wildman–Crippen MR) is 78.3 cm³/mol. The lowest BCUT2D eigenvalue weighted by Crippen LogP contribution is -2.35. The minimum Gasteiger partial charge on any atom is -0.388 e. The molecule has 0 saturated heterocycles. The molecule has 1 unspecified atom stereocenters. The molecule has 0 amide bonds. The molecule has 1 aromatic rings. The summed E-state index contributed by atoms with van der Waals surface area (Å²) in [6, 6.07) is 7.15. The number of rotatable bonds is 5. The number of benzene rings is 1. The van der Waals surface area contributed by atoms with E-state index >= 15 is 0 Å². The van der Waals surface area contributed by atoms with Gasteiger partial charge in [-0.15, -0.1) is 0 Å². The second-order valence-corrected chi connectivity index (χ2v) is 6.81. The summed E-state index contributed by atoms with van der Waals surface area (Å²) in [7, 11) is -3.42. The van der Waals surface area contributed by atoms with Gasteiger partial charge >= 0.3 is 0 Å². The number of fused-ring (bicyclic) bond motifs is 1. The van der Waals surface area contributed by atoms with Crippen LogP contribution in [0.4, 0.5) is 5.69 Å². The molecule has 1 aromatic carbocycles. The summed E-state index contributed by atoms with van der Waals surface area (Å²) >= 11 is 0. The molecule has 6 heteroatoms. The summed E-state index contributed by atoms with van der Waals surface area (Å²) in [4.78, 5) is 0. The van der Waals surface area contributed by atoms with Crippen molar-refractivity contribution in [3.05, 3.63) is 29.8 Å². The number of aliphatic hydroxyl groups is 1. The van der Waals surface area contributed by atoms with Crippen LogP contribution in [0.2, 0.25) is 0 Å². The van der Waals surface area contributed by atoms with Gasteiger partial charge in [0.15, 0.2) is 0 Å². The van der Waals surface area contributed by atoms with Gasteiger partial charge in [-0.1, -0.05) is 18.2 Å². The number of ether oxygens (including phenoxy) is 1. The largest absolute Gasteiger partial charge is 0.388 e. The summed E-state index contributed by atoms with van der Waals surface area (Å²) in [5, 5.41) is 10.1. The highest BCUT2D eigenvalue weighted by atomic mass is 32.2. The zero-order valence-corrected chi connectivity index (χ0v) is 12.5. The lowest BCUT2D eigenvalue weighted by Gasteiger charge is -2.24. The highest BCUT2D eigenvalue weighted by Crippen LogP contribution is 2.34.